The highest BCUT2D eigenvalue weighted by atomic mass is 35.5. The number of pyridine rings is 1. The van der Waals surface area contributed by atoms with Gasteiger partial charge < -0.3 is 10.5 Å². The first-order valence-corrected chi connectivity index (χ1v) is 6.51. The summed E-state index contributed by atoms with van der Waals surface area (Å²) in [5, 5.41) is 0.771. The number of benzene rings is 1. The molecule has 2 N–H and O–H groups in total. The van der Waals surface area contributed by atoms with E-state index in [0.29, 0.717) is 5.88 Å². The molecule has 0 saturated heterocycles. The summed E-state index contributed by atoms with van der Waals surface area (Å²) in [5.41, 5.74) is 8.74. The fourth-order valence-electron chi connectivity index (χ4n) is 1.81. The molecule has 0 aliphatic heterocycles. The maximum Gasteiger partial charge on any atom is 0.219 e. The fourth-order valence-corrected chi connectivity index (χ4v) is 1.92. The Morgan fingerprint density at radius 2 is 1.84 bits per heavy atom. The number of nitrogens with two attached hydrogens (primary N) is 1. The molecule has 0 spiro atoms. The van der Waals surface area contributed by atoms with E-state index in [1.54, 1.807) is 6.20 Å². The van der Waals surface area contributed by atoms with Crippen LogP contribution >= 0.6 is 11.6 Å². The van der Waals surface area contributed by atoms with Gasteiger partial charge in [0.25, 0.3) is 0 Å². The smallest absolute Gasteiger partial charge is 0.219 e. The number of rotatable bonds is 3. The second-order valence-corrected chi connectivity index (χ2v) is 5.07. The molecule has 0 fully saturated rings. The molecule has 1 atom stereocenters. The lowest BCUT2D eigenvalue weighted by atomic mass is 10.1. The summed E-state index contributed by atoms with van der Waals surface area (Å²) < 4.78 is 5.72. The minimum atomic E-state index is -0.0263. The monoisotopic (exact) mass is 276 g/mol. The van der Waals surface area contributed by atoms with E-state index in [9.17, 15) is 0 Å². The molecule has 19 heavy (non-hydrogen) atoms. The zero-order chi connectivity index (χ0) is 14.0. The first kappa shape index (κ1) is 13.8. The molecule has 0 saturated carbocycles. The molecule has 0 aliphatic rings. The Morgan fingerprint density at radius 1 is 1.21 bits per heavy atom. The van der Waals surface area contributed by atoms with Crippen molar-refractivity contribution in [1.29, 1.82) is 0 Å². The van der Waals surface area contributed by atoms with E-state index in [2.05, 4.69) is 4.98 Å². The maximum atomic E-state index is 6.12. The zero-order valence-electron chi connectivity index (χ0n) is 11.3. The second-order valence-electron chi connectivity index (χ2n) is 4.69. The van der Waals surface area contributed by atoms with Crippen molar-refractivity contribution in [2.45, 2.75) is 26.8 Å². The van der Waals surface area contributed by atoms with Gasteiger partial charge >= 0.3 is 0 Å². The van der Waals surface area contributed by atoms with Gasteiger partial charge in [0.15, 0.2) is 0 Å². The summed E-state index contributed by atoms with van der Waals surface area (Å²) in [6.07, 6.45) is 1.73. The van der Waals surface area contributed by atoms with Crippen molar-refractivity contribution >= 4 is 11.6 Å². The van der Waals surface area contributed by atoms with E-state index in [0.717, 1.165) is 27.5 Å². The molecular weight excluding hydrogens is 260 g/mol. The number of aryl methyl sites for hydroxylation is 2. The normalized spacial score (nSPS) is 12.3. The second kappa shape index (κ2) is 5.59. The largest absolute Gasteiger partial charge is 0.439 e. The number of nitrogens with zero attached hydrogens (tertiary/aromatic N) is 1. The number of hydrogen-bond acceptors (Lipinski definition) is 3. The summed E-state index contributed by atoms with van der Waals surface area (Å²) in [7, 11) is 0. The number of hydrogen-bond donors (Lipinski definition) is 1. The van der Waals surface area contributed by atoms with Gasteiger partial charge in [-0.25, -0.2) is 4.98 Å². The van der Waals surface area contributed by atoms with Crippen molar-refractivity contribution in [3.63, 3.8) is 0 Å². The van der Waals surface area contributed by atoms with Crippen LogP contribution in [0.25, 0.3) is 0 Å². The molecule has 1 aromatic carbocycles. The van der Waals surface area contributed by atoms with Crippen molar-refractivity contribution in [2.75, 3.05) is 0 Å². The van der Waals surface area contributed by atoms with E-state index >= 15 is 0 Å². The Balaban J connectivity index is 2.21. The fraction of sp³-hybridized carbons (Fsp3) is 0.267. The lowest BCUT2D eigenvalue weighted by molar-refractivity contribution is 0.461. The Hall–Kier alpha value is -1.58. The lowest BCUT2D eigenvalue weighted by Gasteiger charge is -2.10. The first-order valence-electron chi connectivity index (χ1n) is 6.13. The van der Waals surface area contributed by atoms with Crippen molar-refractivity contribution < 1.29 is 4.74 Å². The van der Waals surface area contributed by atoms with Crippen LogP contribution in [0.4, 0.5) is 0 Å². The van der Waals surface area contributed by atoms with E-state index in [1.165, 1.54) is 0 Å². The third kappa shape index (κ3) is 3.25. The summed E-state index contributed by atoms with van der Waals surface area (Å²) in [5.74, 6) is 1.28. The SMILES string of the molecule is Cc1cc(Oc2ccc(C(C)N)cn2)cc(C)c1Cl. The van der Waals surface area contributed by atoms with Crippen LogP contribution in [0.15, 0.2) is 30.5 Å². The van der Waals surface area contributed by atoms with Crippen LogP contribution in [0.3, 0.4) is 0 Å². The molecule has 2 rings (SSSR count). The van der Waals surface area contributed by atoms with Crippen LogP contribution in [-0.2, 0) is 0 Å². The van der Waals surface area contributed by atoms with Crippen LogP contribution in [0.5, 0.6) is 11.6 Å². The summed E-state index contributed by atoms with van der Waals surface area (Å²) in [4.78, 5) is 4.24. The molecule has 3 nitrogen and oxygen atoms in total. The Morgan fingerprint density at radius 3 is 2.32 bits per heavy atom. The molecule has 4 heteroatoms. The summed E-state index contributed by atoms with van der Waals surface area (Å²) in [6, 6.07) is 7.51. The van der Waals surface area contributed by atoms with E-state index in [-0.39, 0.29) is 6.04 Å². The average Bonchev–Trinajstić information content (AvgIpc) is 2.36. The van der Waals surface area contributed by atoms with E-state index in [1.807, 2.05) is 45.0 Å². The maximum absolute atomic E-state index is 6.12. The van der Waals surface area contributed by atoms with Gasteiger partial charge in [0.2, 0.25) is 5.88 Å². The van der Waals surface area contributed by atoms with E-state index in [4.69, 9.17) is 22.1 Å². The van der Waals surface area contributed by atoms with Gasteiger partial charge in [-0.1, -0.05) is 17.7 Å². The standard InChI is InChI=1S/C15H17ClN2O/c1-9-6-13(7-10(2)15(9)16)19-14-5-4-12(8-18-14)11(3)17/h4-8,11H,17H2,1-3H3. The highest BCUT2D eigenvalue weighted by molar-refractivity contribution is 6.32. The topological polar surface area (TPSA) is 48.1 Å². The molecule has 1 unspecified atom stereocenters. The highest BCUT2D eigenvalue weighted by Gasteiger charge is 2.06. The van der Waals surface area contributed by atoms with Gasteiger partial charge in [-0.05, 0) is 49.6 Å². The minimum absolute atomic E-state index is 0.0263. The third-order valence-electron chi connectivity index (χ3n) is 2.92. The van der Waals surface area contributed by atoms with Gasteiger partial charge in [-0.2, -0.15) is 0 Å². The summed E-state index contributed by atoms with van der Waals surface area (Å²) >= 11 is 6.12. The third-order valence-corrected chi connectivity index (χ3v) is 3.51. The molecule has 0 amide bonds. The van der Waals surface area contributed by atoms with Crippen LogP contribution in [0, 0.1) is 13.8 Å². The molecule has 1 aromatic heterocycles. The Bertz CT molecular complexity index is 556. The number of aromatic nitrogens is 1. The molecular formula is C15H17ClN2O. The minimum Gasteiger partial charge on any atom is -0.439 e. The van der Waals surface area contributed by atoms with Crippen molar-refractivity contribution in [3.05, 3.63) is 52.2 Å². The van der Waals surface area contributed by atoms with Gasteiger partial charge in [0, 0.05) is 23.3 Å². The zero-order valence-corrected chi connectivity index (χ0v) is 12.0. The van der Waals surface area contributed by atoms with Gasteiger partial charge in [-0.3, -0.25) is 0 Å². The average molecular weight is 277 g/mol. The van der Waals surface area contributed by atoms with Gasteiger partial charge in [-0.15, -0.1) is 0 Å². The van der Waals surface area contributed by atoms with Crippen LogP contribution in [-0.4, -0.2) is 4.98 Å². The molecule has 1 heterocycles. The number of ether oxygens (including phenoxy) is 1. The lowest BCUT2D eigenvalue weighted by Crippen LogP contribution is -2.05. The highest BCUT2D eigenvalue weighted by Crippen LogP contribution is 2.28. The predicted molar refractivity (Wildman–Crippen MR) is 77.8 cm³/mol. The predicted octanol–water partition coefficient (Wildman–Crippen LogP) is 4.16. The van der Waals surface area contributed by atoms with E-state index < -0.39 is 0 Å². The molecule has 2 aromatic rings. The Labute approximate surface area is 118 Å². The molecule has 100 valence electrons. The quantitative estimate of drug-likeness (QED) is 0.915. The molecule has 0 bridgehead atoms. The summed E-state index contributed by atoms with van der Waals surface area (Å²) in [6.45, 7) is 5.83. The molecule has 0 radical (unpaired) electrons. The van der Waals surface area contributed by atoms with Crippen molar-refractivity contribution in [1.82, 2.24) is 4.98 Å². The molecule has 0 aliphatic carbocycles. The van der Waals surface area contributed by atoms with Crippen molar-refractivity contribution in [3.8, 4) is 11.6 Å². The van der Waals surface area contributed by atoms with Gasteiger partial charge in [0.05, 0.1) is 0 Å². The first-order chi connectivity index (χ1) is 8.97. The van der Waals surface area contributed by atoms with Crippen molar-refractivity contribution in [2.24, 2.45) is 5.73 Å². The Kier molecular flexibility index (Phi) is 4.08. The van der Waals surface area contributed by atoms with Crippen LogP contribution < -0.4 is 10.5 Å². The van der Waals surface area contributed by atoms with Crippen LogP contribution in [0.2, 0.25) is 5.02 Å². The van der Waals surface area contributed by atoms with Crippen LogP contribution in [0.1, 0.15) is 29.7 Å². The van der Waals surface area contributed by atoms with Gasteiger partial charge in [0.1, 0.15) is 5.75 Å². The number of halogens is 1.